The van der Waals surface area contributed by atoms with Gasteiger partial charge in [0.1, 0.15) is 11.0 Å². The first-order chi connectivity index (χ1) is 22.4. The van der Waals surface area contributed by atoms with Gasteiger partial charge in [0.25, 0.3) is 0 Å². The SMILES string of the molecule is CC1CCC(C(=O)N(c2cc(C#CC(C)(C)C)sc2C(=O)O)C2CCC(N(C)C(=O)O[C@@H]3CCCN(C(=O)OC(C)(C)I)C3)CC2)CC1. The maximum Gasteiger partial charge on any atom is 0.411 e. The van der Waals surface area contributed by atoms with Crippen LogP contribution in [0, 0.1) is 29.1 Å². The number of ether oxygens (including phenoxy) is 2. The number of amides is 3. The van der Waals surface area contributed by atoms with Crippen molar-refractivity contribution in [2.75, 3.05) is 25.0 Å². The number of carbonyl (C=O) groups excluding carboxylic acids is 3. The van der Waals surface area contributed by atoms with Crippen LogP contribution < -0.4 is 4.90 Å². The van der Waals surface area contributed by atoms with Crippen LogP contribution in [0.2, 0.25) is 0 Å². The highest BCUT2D eigenvalue weighted by atomic mass is 127. The Morgan fingerprint density at radius 2 is 1.60 bits per heavy atom. The molecular weight excluding hydrogens is 745 g/mol. The lowest BCUT2D eigenvalue weighted by atomic mass is 9.81. The number of hydrogen-bond acceptors (Lipinski definition) is 7. The molecule has 2 heterocycles. The second-order valence-corrected chi connectivity index (χ2v) is 18.8. The van der Waals surface area contributed by atoms with E-state index in [1.165, 1.54) is 0 Å². The molecule has 0 aromatic carbocycles. The summed E-state index contributed by atoms with van der Waals surface area (Å²) >= 11 is 3.19. The second kappa shape index (κ2) is 16.0. The first kappa shape index (κ1) is 38.3. The highest BCUT2D eigenvalue weighted by molar-refractivity contribution is 14.1. The first-order valence-corrected chi connectivity index (χ1v) is 19.1. The topological polar surface area (TPSA) is 117 Å². The molecular formula is C36H52IN3O7S. The van der Waals surface area contributed by atoms with Crippen molar-refractivity contribution in [2.24, 2.45) is 17.3 Å². The molecule has 10 nitrogen and oxygen atoms in total. The number of thiophene rings is 1. The summed E-state index contributed by atoms with van der Waals surface area (Å²) in [5.41, 5.74) is 0.193. The number of aromatic carboxylic acids is 1. The monoisotopic (exact) mass is 797 g/mol. The molecule has 0 radical (unpaired) electrons. The summed E-state index contributed by atoms with van der Waals surface area (Å²) < 4.78 is 10.7. The van der Waals surface area contributed by atoms with Gasteiger partial charge < -0.3 is 29.3 Å². The average Bonchev–Trinajstić information content (AvgIpc) is 3.43. The lowest BCUT2D eigenvalue weighted by Gasteiger charge is -2.41. The van der Waals surface area contributed by atoms with Crippen molar-refractivity contribution in [3.05, 3.63) is 15.8 Å². The summed E-state index contributed by atoms with van der Waals surface area (Å²) in [5, 5.41) is 10.2. The van der Waals surface area contributed by atoms with Crippen molar-refractivity contribution in [1.82, 2.24) is 9.80 Å². The molecule has 1 atom stereocenters. The van der Waals surface area contributed by atoms with E-state index in [0.717, 1.165) is 43.4 Å². The summed E-state index contributed by atoms with van der Waals surface area (Å²) in [6, 6.07) is 1.52. The standard InChI is InChI=1S/C36H52IN3O7S/c1-23-10-12-24(13-11-23)31(41)40(29-21-28(18-19-35(2,3)4)48-30(29)32(42)43)26-16-14-25(15-17-26)38(7)33(44)46-27-9-8-20-39(22-27)34(45)47-36(5,6)37/h21,23-27H,8-17,20,22H2,1-7H3,(H,42,43)/t23?,24?,25?,26?,27-/m1/s1. The van der Waals surface area contributed by atoms with Crippen molar-refractivity contribution in [1.29, 1.82) is 0 Å². The normalized spacial score (nSPS) is 24.9. The molecule has 0 spiro atoms. The van der Waals surface area contributed by atoms with Gasteiger partial charge in [-0.25, -0.2) is 14.4 Å². The molecule has 266 valence electrons. The Bertz CT molecular complexity index is 1390. The van der Waals surface area contributed by atoms with Gasteiger partial charge in [-0.15, -0.1) is 11.3 Å². The van der Waals surface area contributed by atoms with E-state index in [9.17, 15) is 24.3 Å². The number of nitrogens with zero attached hydrogens (tertiary/aromatic N) is 3. The molecule has 0 unspecified atom stereocenters. The predicted octanol–water partition coefficient (Wildman–Crippen LogP) is 8.15. The number of rotatable bonds is 7. The minimum absolute atomic E-state index is 0.0000728. The Kier molecular flexibility index (Phi) is 12.8. The quantitative estimate of drug-likeness (QED) is 0.168. The number of hydrogen-bond donors (Lipinski definition) is 1. The molecule has 12 heteroatoms. The van der Waals surface area contributed by atoms with E-state index >= 15 is 0 Å². The summed E-state index contributed by atoms with van der Waals surface area (Å²) in [5.74, 6) is 5.73. The van der Waals surface area contributed by atoms with E-state index in [1.54, 1.807) is 27.8 Å². The molecule has 48 heavy (non-hydrogen) atoms. The van der Waals surface area contributed by atoms with Crippen LogP contribution in [-0.4, -0.2) is 80.9 Å². The lowest BCUT2D eigenvalue weighted by Crippen LogP contribution is -2.50. The largest absolute Gasteiger partial charge is 0.477 e. The number of piperidine rings is 1. The van der Waals surface area contributed by atoms with Gasteiger partial charge in [0.2, 0.25) is 5.91 Å². The van der Waals surface area contributed by atoms with Crippen molar-refractivity contribution in [3.8, 4) is 11.8 Å². The van der Waals surface area contributed by atoms with E-state index in [1.807, 2.05) is 34.6 Å². The van der Waals surface area contributed by atoms with Crippen LogP contribution in [0.3, 0.4) is 0 Å². The van der Waals surface area contributed by atoms with Gasteiger partial charge in [0, 0.05) is 37.0 Å². The average molecular weight is 798 g/mol. The molecule has 3 amide bonds. The molecule has 4 rings (SSSR count). The third-order valence-electron chi connectivity index (χ3n) is 9.43. The van der Waals surface area contributed by atoms with Crippen molar-refractivity contribution >= 4 is 63.7 Å². The molecule has 1 aromatic rings. The fraction of sp³-hybridized carbons (Fsp3) is 0.722. The Morgan fingerprint density at radius 3 is 2.19 bits per heavy atom. The van der Waals surface area contributed by atoms with E-state index in [-0.39, 0.29) is 34.2 Å². The highest BCUT2D eigenvalue weighted by Gasteiger charge is 2.39. The van der Waals surface area contributed by atoms with Crippen LogP contribution in [0.25, 0.3) is 0 Å². The fourth-order valence-corrected chi connectivity index (χ4v) is 7.80. The maximum atomic E-state index is 14.3. The first-order valence-electron chi connectivity index (χ1n) is 17.3. The summed E-state index contributed by atoms with van der Waals surface area (Å²) in [6.45, 7) is 12.7. The van der Waals surface area contributed by atoms with Gasteiger partial charge in [-0.3, -0.25) is 4.79 Å². The number of carboxylic acids is 1. The third kappa shape index (κ3) is 10.5. The number of carbonyl (C=O) groups is 4. The molecule has 0 bridgehead atoms. The van der Waals surface area contributed by atoms with Gasteiger partial charge in [0.05, 0.1) is 17.1 Å². The molecule has 1 saturated heterocycles. The Balaban J connectivity index is 1.46. The zero-order chi connectivity index (χ0) is 35.4. The maximum absolute atomic E-state index is 14.3. The van der Waals surface area contributed by atoms with Crippen LogP contribution in [0.1, 0.15) is 120 Å². The number of anilines is 1. The van der Waals surface area contributed by atoms with Gasteiger partial charge in [-0.05, 0) is 133 Å². The van der Waals surface area contributed by atoms with Gasteiger partial charge in [0.15, 0.2) is 3.61 Å². The molecule has 1 N–H and O–H groups in total. The van der Waals surface area contributed by atoms with Gasteiger partial charge >= 0.3 is 18.2 Å². The van der Waals surface area contributed by atoms with Crippen LogP contribution in [0.15, 0.2) is 6.07 Å². The van der Waals surface area contributed by atoms with E-state index in [4.69, 9.17) is 9.47 Å². The zero-order valence-corrected chi connectivity index (χ0v) is 32.4. The van der Waals surface area contributed by atoms with Gasteiger partial charge in [-0.2, -0.15) is 0 Å². The number of carboxylic acid groups (broad SMARTS) is 1. The number of alkyl halides is 1. The summed E-state index contributed by atoms with van der Waals surface area (Å²) in [6.07, 6.45) is 6.28. The van der Waals surface area contributed by atoms with Crippen LogP contribution in [0.5, 0.6) is 0 Å². The number of likely N-dealkylation sites (tertiary alicyclic amines) is 1. The van der Waals surface area contributed by atoms with Crippen LogP contribution >= 0.6 is 33.9 Å². The van der Waals surface area contributed by atoms with E-state index < -0.39 is 27.9 Å². The van der Waals surface area contributed by atoms with E-state index in [2.05, 4.69) is 41.4 Å². The van der Waals surface area contributed by atoms with Crippen LogP contribution in [0.4, 0.5) is 15.3 Å². The molecule has 1 aliphatic heterocycles. The third-order valence-corrected chi connectivity index (χ3v) is 10.7. The van der Waals surface area contributed by atoms with E-state index in [0.29, 0.717) is 61.7 Å². The van der Waals surface area contributed by atoms with Crippen molar-refractivity contribution in [3.63, 3.8) is 0 Å². The lowest BCUT2D eigenvalue weighted by molar-refractivity contribution is -0.124. The highest BCUT2D eigenvalue weighted by Crippen LogP contribution is 2.39. The van der Waals surface area contributed by atoms with Crippen LogP contribution in [-0.2, 0) is 14.3 Å². The van der Waals surface area contributed by atoms with Crippen molar-refractivity contribution in [2.45, 2.75) is 128 Å². The van der Waals surface area contributed by atoms with Crippen molar-refractivity contribution < 1.29 is 33.8 Å². The smallest absolute Gasteiger partial charge is 0.411 e. The minimum Gasteiger partial charge on any atom is -0.477 e. The molecule has 2 aliphatic carbocycles. The Morgan fingerprint density at radius 1 is 0.979 bits per heavy atom. The zero-order valence-electron chi connectivity index (χ0n) is 29.5. The second-order valence-electron chi connectivity index (χ2n) is 15.2. The number of halogens is 1. The van der Waals surface area contributed by atoms with Gasteiger partial charge in [-0.1, -0.05) is 18.8 Å². The molecule has 2 saturated carbocycles. The Hall–Kier alpha value is -2.53. The molecule has 1 aromatic heterocycles. The summed E-state index contributed by atoms with van der Waals surface area (Å²) in [7, 11) is 1.74. The molecule has 3 aliphatic rings. The molecule has 3 fully saturated rings. The minimum atomic E-state index is -1.06. The summed E-state index contributed by atoms with van der Waals surface area (Å²) in [4.78, 5) is 58.4. The Labute approximate surface area is 303 Å². The fourth-order valence-electron chi connectivity index (χ4n) is 6.77. The predicted molar refractivity (Wildman–Crippen MR) is 196 cm³/mol.